The summed E-state index contributed by atoms with van der Waals surface area (Å²) in [6, 6.07) is 0.626. The molecule has 23 heavy (non-hydrogen) atoms. The van der Waals surface area contributed by atoms with E-state index in [0.717, 1.165) is 65.5 Å². The molecule has 2 fully saturated rings. The van der Waals surface area contributed by atoms with Crippen LogP contribution in [0.25, 0.3) is 0 Å². The van der Waals surface area contributed by atoms with Gasteiger partial charge in [0.25, 0.3) is 0 Å². The third-order valence-electron chi connectivity index (χ3n) is 5.06. The van der Waals surface area contributed by atoms with E-state index in [0.29, 0.717) is 12.1 Å². The van der Waals surface area contributed by atoms with Crippen molar-refractivity contribution in [1.29, 1.82) is 0 Å². The minimum Gasteiger partial charge on any atom is -0.374 e. The number of nitrogens with zero attached hydrogens (tertiary/aromatic N) is 5. The molecule has 0 aliphatic carbocycles. The van der Waals surface area contributed by atoms with Gasteiger partial charge in [0, 0.05) is 77.3 Å². The summed E-state index contributed by atoms with van der Waals surface area (Å²) in [4.78, 5) is 11.8. The fraction of sp³-hybridized carbons (Fsp3) is 0.824. The Morgan fingerprint density at radius 1 is 1.09 bits per heavy atom. The van der Waals surface area contributed by atoms with Crippen LogP contribution in [-0.4, -0.2) is 95.4 Å². The second-order valence-corrected chi connectivity index (χ2v) is 7.02. The van der Waals surface area contributed by atoms with Crippen molar-refractivity contribution in [2.45, 2.75) is 32.5 Å². The van der Waals surface area contributed by atoms with Crippen molar-refractivity contribution in [3.8, 4) is 0 Å². The van der Waals surface area contributed by atoms with Crippen molar-refractivity contribution in [3.05, 3.63) is 18.7 Å². The third kappa shape index (κ3) is 5.01. The molecule has 0 unspecified atom stereocenters. The van der Waals surface area contributed by atoms with Gasteiger partial charge < -0.3 is 9.30 Å². The maximum Gasteiger partial charge on any atom is 0.0946 e. The molecule has 1 aromatic rings. The SMILES string of the molecule is CC(C)N1CCO[C@H](CN2CCN(CCn3ccnc3)CC2)C1. The Balaban J connectivity index is 1.35. The Hall–Kier alpha value is -0.950. The van der Waals surface area contributed by atoms with Crippen LogP contribution >= 0.6 is 0 Å². The normalized spacial score (nSPS) is 25.3. The Kier molecular flexibility index (Phi) is 6.05. The Morgan fingerprint density at radius 3 is 2.57 bits per heavy atom. The summed E-state index contributed by atoms with van der Waals surface area (Å²) >= 11 is 0. The molecule has 0 amide bonds. The average Bonchev–Trinajstić information content (AvgIpc) is 3.08. The molecule has 6 heteroatoms. The molecule has 0 radical (unpaired) electrons. The molecule has 0 aromatic carbocycles. The molecule has 0 saturated carbocycles. The Bertz CT molecular complexity index is 442. The highest BCUT2D eigenvalue weighted by Gasteiger charge is 2.25. The van der Waals surface area contributed by atoms with Gasteiger partial charge in [0.1, 0.15) is 0 Å². The van der Waals surface area contributed by atoms with Crippen molar-refractivity contribution < 1.29 is 4.74 Å². The predicted octanol–water partition coefficient (Wildman–Crippen LogP) is 0.610. The van der Waals surface area contributed by atoms with Crippen LogP contribution in [0.2, 0.25) is 0 Å². The van der Waals surface area contributed by atoms with Gasteiger partial charge in [-0.1, -0.05) is 0 Å². The standard InChI is InChI=1S/C17H31N5O/c1-16(2)22-11-12-23-17(14-22)13-20-8-5-19(6-9-20)7-10-21-4-3-18-15-21/h3-4,15-17H,5-14H2,1-2H3/t17-/m1/s1. The fourth-order valence-electron chi connectivity index (χ4n) is 3.48. The first-order valence-corrected chi connectivity index (χ1v) is 8.97. The van der Waals surface area contributed by atoms with E-state index in [1.165, 1.54) is 0 Å². The largest absolute Gasteiger partial charge is 0.374 e. The molecule has 0 spiro atoms. The highest BCUT2D eigenvalue weighted by atomic mass is 16.5. The van der Waals surface area contributed by atoms with E-state index < -0.39 is 0 Å². The van der Waals surface area contributed by atoms with Gasteiger partial charge in [0.15, 0.2) is 0 Å². The van der Waals surface area contributed by atoms with E-state index in [9.17, 15) is 0 Å². The van der Waals surface area contributed by atoms with E-state index in [1.807, 2.05) is 18.7 Å². The van der Waals surface area contributed by atoms with Crippen molar-refractivity contribution in [2.24, 2.45) is 0 Å². The smallest absolute Gasteiger partial charge is 0.0946 e. The zero-order valence-corrected chi connectivity index (χ0v) is 14.6. The molecule has 2 aliphatic rings. The molecule has 0 bridgehead atoms. The lowest BCUT2D eigenvalue weighted by molar-refractivity contribution is -0.0564. The molecule has 2 saturated heterocycles. The quantitative estimate of drug-likeness (QED) is 0.767. The summed E-state index contributed by atoms with van der Waals surface area (Å²) in [6.45, 7) is 15.5. The molecular formula is C17H31N5O. The zero-order valence-electron chi connectivity index (χ0n) is 14.6. The van der Waals surface area contributed by atoms with Crippen molar-refractivity contribution in [1.82, 2.24) is 24.3 Å². The zero-order chi connectivity index (χ0) is 16.1. The van der Waals surface area contributed by atoms with Gasteiger partial charge in [-0.25, -0.2) is 4.98 Å². The monoisotopic (exact) mass is 321 g/mol. The molecule has 1 aromatic heterocycles. The van der Waals surface area contributed by atoms with Crippen LogP contribution in [0.15, 0.2) is 18.7 Å². The summed E-state index contributed by atoms with van der Waals surface area (Å²) in [7, 11) is 0. The molecule has 2 aliphatic heterocycles. The number of piperazine rings is 1. The van der Waals surface area contributed by atoms with Gasteiger partial charge in [-0.3, -0.25) is 14.7 Å². The Labute approximate surface area is 140 Å². The lowest BCUT2D eigenvalue weighted by atomic mass is 10.2. The molecule has 3 heterocycles. The Morgan fingerprint density at radius 2 is 1.87 bits per heavy atom. The molecule has 6 nitrogen and oxygen atoms in total. The van der Waals surface area contributed by atoms with E-state index >= 15 is 0 Å². The second-order valence-electron chi connectivity index (χ2n) is 7.02. The topological polar surface area (TPSA) is 36.8 Å². The third-order valence-corrected chi connectivity index (χ3v) is 5.06. The number of ether oxygens (including phenoxy) is 1. The molecule has 1 atom stereocenters. The van der Waals surface area contributed by atoms with Gasteiger partial charge >= 0.3 is 0 Å². The van der Waals surface area contributed by atoms with Crippen molar-refractivity contribution >= 4 is 0 Å². The predicted molar refractivity (Wildman–Crippen MR) is 91.6 cm³/mol. The highest BCUT2D eigenvalue weighted by molar-refractivity contribution is 4.80. The van der Waals surface area contributed by atoms with E-state index in [1.54, 1.807) is 0 Å². The fourth-order valence-corrected chi connectivity index (χ4v) is 3.48. The van der Waals surface area contributed by atoms with Gasteiger partial charge in [0.05, 0.1) is 19.0 Å². The van der Waals surface area contributed by atoms with Crippen LogP contribution in [0, 0.1) is 0 Å². The molecular weight excluding hydrogens is 290 g/mol. The number of hydrogen-bond acceptors (Lipinski definition) is 5. The highest BCUT2D eigenvalue weighted by Crippen LogP contribution is 2.11. The van der Waals surface area contributed by atoms with Crippen molar-refractivity contribution in [3.63, 3.8) is 0 Å². The first-order chi connectivity index (χ1) is 11.2. The van der Waals surface area contributed by atoms with Crippen LogP contribution in [0.5, 0.6) is 0 Å². The van der Waals surface area contributed by atoms with Crippen LogP contribution in [0.1, 0.15) is 13.8 Å². The summed E-state index contributed by atoms with van der Waals surface area (Å²) < 4.78 is 8.13. The molecule has 0 N–H and O–H groups in total. The molecule has 3 rings (SSSR count). The summed E-state index contributed by atoms with van der Waals surface area (Å²) in [5.41, 5.74) is 0. The van der Waals surface area contributed by atoms with E-state index in [4.69, 9.17) is 4.74 Å². The minimum atomic E-state index is 0.378. The minimum absolute atomic E-state index is 0.378. The van der Waals surface area contributed by atoms with Gasteiger partial charge in [-0.2, -0.15) is 0 Å². The van der Waals surface area contributed by atoms with E-state index in [-0.39, 0.29) is 0 Å². The molecule has 130 valence electrons. The lowest BCUT2D eigenvalue weighted by Crippen LogP contribution is -2.53. The average molecular weight is 321 g/mol. The van der Waals surface area contributed by atoms with Crippen LogP contribution in [0.3, 0.4) is 0 Å². The number of morpholine rings is 1. The van der Waals surface area contributed by atoms with Crippen molar-refractivity contribution in [2.75, 3.05) is 59.0 Å². The maximum absolute atomic E-state index is 5.98. The van der Waals surface area contributed by atoms with Crippen LogP contribution < -0.4 is 0 Å². The maximum atomic E-state index is 5.98. The first kappa shape index (κ1) is 16.9. The number of aromatic nitrogens is 2. The lowest BCUT2D eigenvalue weighted by Gasteiger charge is -2.40. The summed E-state index contributed by atoms with van der Waals surface area (Å²) in [5, 5.41) is 0. The van der Waals surface area contributed by atoms with Crippen LogP contribution in [0.4, 0.5) is 0 Å². The van der Waals surface area contributed by atoms with Gasteiger partial charge in [-0.15, -0.1) is 0 Å². The first-order valence-electron chi connectivity index (χ1n) is 8.97. The van der Waals surface area contributed by atoms with Crippen LogP contribution in [-0.2, 0) is 11.3 Å². The number of hydrogen-bond donors (Lipinski definition) is 0. The summed E-state index contributed by atoms with van der Waals surface area (Å²) in [6.07, 6.45) is 6.17. The van der Waals surface area contributed by atoms with E-state index in [2.05, 4.69) is 38.1 Å². The second kappa shape index (κ2) is 8.24. The summed E-state index contributed by atoms with van der Waals surface area (Å²) in [5.74, 6) is 0. The van der Waals surface area contributed by atoms with Gasteiger partial charge in [0.2, 0.25) is 0 Å². The number of rotatable bonds is 6. The van der Waals surface area contributed by atoms with Gasteiger partial charge in [-0.05, 0) is 13.8 Å². The number of imidazole rings is 1.